The third-order valence-electron chi connectivity index (χ3n) is 5.27. The highest BCUT2D eigenvalue weighted by atomic mass is 79.9. The molecule has 0 amide bonds. The van der Waals surface area contributed by atoms with Crippen molar-refractivity contribution in [2.24, 2.45) is 5.41 Å². The first-order chi connectivity index (χ1) is 14.1. The molecule has 162 valence electrons. The molecule has 1 saturated heterocycles. The lowest BCUT2D eigenvalue weighted by atomic mass is 9.88. The van der Waals surface area contributed by atoms with Crippen molar-refractivity contribution in [2.75, 3.05) is 26.8 Å². The maximum Gasteiger partial charge on any atom is 0.408 e. The number of carboxylic acids is 1. The summed E-state index contributed by atoms with van der Waals surface area (Å²) in [7, 11) is 1.43. The van der Waals surface area contributed by atoms with Crippen LogP contribution in [0.5, 0.6) is 11.5 Å². The molecule has 0 aliphatic carbocycles. The summed E-state index contributed by atoms with van der Waals surface area (Å²) >= 11 is 3.30. The zero-order valence-corrected chi connectivity index (χ0v) is 17.7. The number of hydrogen-bond acceptors (Lipinski definition) is 4. The Morgan fingerprint density at radius 2 is 1.77 bits per heavy atom. The predicted octanol–water partition coefficient (Wildman–Crippen LogP) is 4.92. The van der Waals surface area contributed by atoms with Gasteiger partial charge in [0.1, 0.15) is 29.6 Å². The Kier molecular flexibility index (Phi) is 6.62. The SMILES string of the molecule is COc1ccc(C(N2CCC(COc3ccc(Br)cc3)(C(=O)O)C2)C(F)(F)F)cc1. The van der Waals surface area contributed by atoms with E-state index in [0.717, 1.165) is 4.47 Å². The van der Waals surface area contributed by atoms with Gasteiger partial charge in [-0.2, -0.15) is 13.2 Å². The molecule has 2 atom stereocenters. The lowest BCUT2D eigenvalue weighted by Crippen LogP contribution is -2.43. The van der Waals surface area contributed by atoms with Crippen LogP contribution in [0.15, 0.2) is 53.0 Å². The molecule has 0 spiro atoms. The number of likely N-dealkylation sites (tertiary alicyclic amines) is 1. The van der Waals surface area contributed by atoms with Crippen LogP contribution in [0.4, 0.5) is 13.2 Å². The van der Waals surface area contributed by atoms with Gasteiger partial charge < -0.3 is 14.6 Å². The van der Waals surface area contributed by atoms with Gasteiger partial charge in [0.2, 0.25) is 0 Å². The second-order valence-corrected chi connectivity index (χ2v) is 8.18. The van der Waals surface area contributed by atoms with Gasteiger partial charge in [-0.15, -0.1) is 0 Å². The maximum absolute atomic E-state index is 13.9. The number of halogens is 4. The Hall–Kier alpha value is -2.26. The van der Waals surface area contributed by atoms with Crippen LogP contribution in [-0.2, 0) is 4.79 Å². The molecular weight excluding hydrogens is 467 g/mol. The molecule has 9 heteroatoms. The van der Waals surface area contributed by atoms with Crippen molar-refractivity contribution in [1.29, 1.82) is 0 Å². The third kappa shape index (κ3) is 4.89. The number of rotatable bonds is 7. The molecule has 1 heterocycles. The Balaban J connectivity index is 1.81. The Morgan fingerprint density at radius 3 is 2.30 bits per heavy atom. The van der Waals surface area contributed by atoms with E-state index in [1.807, 2.05) is 0 Å². The monoisotopic (exact) mass is 487 g/mol. The van der Waals surface area contributed by atoms with Crippen LogP contribution in [0.2, 0.25) is 0 Å². The van der Waals surface area contributed by atoms with E-state index in [1.165, 1.54) is 36.3 Å². The van der Waals surface area contributed by atoms with Gasteiger partial charge in [-0.3, -0.25) is 9.69 Å². The summed E-state index contributed by atoms with van der Waals surface area (Å²) in [4.78, 5) is 13.2. The van der Waals surface area contributed by atoms with Gasteiger partial charge in [-0.25, -0.2) is 0 Å². The van der Waals surface area contributed by atoms with Crippen molar-refractivity contribution in [1.82, 2.24) is 4.90 Å². The smallest absolute Gasteiger partial charge is 0.408 e. The van der Waals surface area contributed by atoms with Crippen LogP contribution >= 0.6 is 15.9 Å². The summed E-state index contributed by atoms with van der Waals surface area (Å²) in [6.45, 7) is -0.491. The molecule has 2 unspecified atom stereocenters. The van der Waals surface area contributed by atoms with Gasteiger partial charge >= 0.3 is 12.1 Å². The van der Waals surface area contributed by atoms with Crippen molar-refractivity contribution < 1.29 is 32.5 Å². The van der Waals surface area contributed by atoms with Crippen LogP contribution in [0.1, 0.15) is 18.0 Å². The topological polar surface area (TPSA) is 59.0 Å². The van der Waals surface area contributed by atoms with E-state index in [0.29, 0.717) is 11.5 Å². The van der Waals surface area contributed by atoms with E-state index in [-0.39, 0.29) is 31.7 Å². The van der Waals surface area contributed by atoms with E-state index >= 15 is 0 Å². The largest absolute Gasteiger partial charge is 0.497 e. The van der Waals surface area contributed by atoms with Crippen LogP contribution < -0.4 is 9.47 Å². The molecule has 3 rings (SSSR count). The number of carboxylic acid groups (broad SMARTS) is 1. The number of benzene rings is 2. The van der Waals surface area contributed by atoms with Gasteiger partial charge in [0.15, 0.2) is 0 Å². The van der Waals surface area contributed by atoms with E-state index in [4.69, 9.17) is 9.47 Å². The zero-order chi connectivity index (χ0) is 21.9. The average Bonchev–Trinajstić information content (AvgIpc) is 3.12. The summed E-state index contributed by atoms with van der Waals surface area (Å²) in [5.74, 6) is -0.263. The van der Waals surface area contributed by atoms with Gasteiger partial charge in [-0.1, -0.05) is 28.1 Å². The molecule has 30 heavy (non-hydrogen) atoms. The van der Waals surface area contributed by atoms with E-state index in [1.54, 1.807) is 24.3 Å². The lowest BCUT2D eigenvalue weighted by molar-refractivity contribution is -0.186. The minimum atomic E-state index is -4.56. The van der Waals surface area contributed by atoms with Crippen molar-refractivity contribution in [3.63, 3.8) is 0 Å². The van der Waals surface area contributed by atoms with Crippen LogP contribution in [0, 0.1) is 5.41 Å². The van der Waals surface area contributed by atoms with Crippen molar-refractivity contribution in [3.05, 3.63) is 58.6 Å². The second-order valence-electron chi connectivity index (χ2n) is 7.27. The number of hydrogen-bond donors (Lipinski definition) is 1. The first kappa shape index (κ1) is 22.4. The Bertz CT molecular complexity index is 873. The highest BCUT2D eigenvalue weighted by Crippen LogP contribution is 2.44. The minimum Gasteiger partial charge on any atom is -0.497 e. The summed E-state index contributed by atoms with van der Waals surface area (Å²) < 4.78 is 53.3. The van der Waals surface area contributed by atoms with Gasteiger partial charge in [0.05, 0.1) is 7.11 Å². The van der Waals surface area contributed by atoms with Crippen molar-refractivity contribution >= 4 is 21.9 Å². The first-order valence-electron chi connectivity index (χ1n) is 9.21. The normalized spacial score (nSPS) is 20.7. The molecule has 0 aromatic heterocycles. The van der Waals surface area contributed by atoms with E-state index < -0.39 is 23.6 Å². The second kappa shape index (κ2) is 8.85. The highest BCUT2D eigenvalue weighted by molar-refractivity contribution is 9.10. The molecule has 0 radical (unpaired) electrons. The summed E-state index contributed by atoms with van der Waals surface area (Å²) in [6.07, 6.45) is -4.50. The summed E-state index contributed by atoms with van der Waals surface area (Å²) in [6, 6.07) is 10.6. The summed E-state index contributed by atoms with van der Waals surface area (Å²) in [5.41, 5.74) is -1.39. The third-order valence-corrected chi connectivity index (χ3v) is 5.80. The fourth-order valence-corrected chi connectivity index (χ4v) is 3.89. The predicted molar refractivity (Wildman–Crippen MR) is 108 cm³/mol. The van der Waals surface area contributed by atoms with Gasteiger partial charge in [0, 0.05) is 17.6 Å². The Morgan fingerprint density at radius 1 is 1.17 bits per heavy atom. The molecule has 1 aliphatic rings. The van der Waals surface area contributed by atoms with Crippen molar-refractivity contribution in [3.8, 4) is 11.5 Å². The number of nitrogens with zero attached hydrogens (tertiary/aromatic N) is 1. The zero-order valence-electron chi connectivity index (χ0n) is 16.2. The van der Waals surface area contributed by atoms with Crippen LogP contribution in [0.25, 0.3) is 0 Å². The Labute approximate surface area is 180 Å². The number of carbonyl (C=O) groups is 1. The first-order valence-corrected chi connectivity index (χ1v) is 10.0. The fraction of sp³-hybridized carbons (Fsp3) is 0.381. The van der Waals surface area contributed by atoms with Crippen molar-refractivity contribution in [2.45, 2.75) is 18.6 Å². The number of methoxy groups -OCH3 is 1. The molecule has 2 aromatic rings. The lowest BCUT2D eigenvalue weighted by Gasteiger charge is -2.32. The number of alkyl halides is 3. The molecule has 0 saturated carbocycles. The molecule has 0 bridgehead atoms. The molecule has 5 nitrogen and oxygen atoms in total. The quantitative estimate of drug-likeness (QED) is 0.600. The van der Waals surface area contributed by atoms with Gasteiger partial charge in [0.25, 0.3) is 0 Å². The van der Waals surface area contributed by atoms with Crippen LogP contribution in [0.3, 0.4) is 0 Å². The summed E-state index contributed by atoms with van der Waals surface area (Å²) in [5, 5.41) is 9.82. The average molecular weight is 488 g/mol. The molecule has 1 fully saturated rings. The number of ether oxygens (including phenoxy) is 2. The van der Waals surface area contributed by atoms with E-state index in [9.17, 15) is 23.1 Å². The fourth-order valence-electron chi connectivity index (χ4n) is 3.62. The molecule has 2 aromatic carbocycles. The minimum absolute atomic E-state index is 0.00773. The highest BCUT2D eigenvalue weighted by Gasteiger charge is 2.53. The number of aliphatic carboxylic acids is 1. The maximum atomic E-state index is 13.9. The molecule has 1 aliphatic heterocycles. The molecule has 1 N–H and O–H groups in total. The molecular formula is C21H21BrF3NO4. The van der Waals surface area contributed by atoms with E-state index in [2.05, 4.69) is 15.9 Å². The van der Waals surface area contributed by atoms with Crippen LogP contribution in [-0.4, -0.2) is 49.0 Å². The standard InChI is InChI=1S/C21H21BrF3NO4/c1-29-16-6-2-14(3-7-16)18(21(23,24)25)26-11-10-20(12-26,19(27)28)13-30-17-8-4-15(22)5-9-17/h2-9,18H,10-13H2,1H3,(H,27,28). The van der Waals surface area contributed by atoms with Gasteiger partial charge in [-0.05, 0) is 48.4 Å².